The van der Waals surface area contributed by atoms with E-state index in [0.717, 1.165) is 25.1 Å². The van der Waals surface area contributed by atoms with E-state index >= 15 is 0 Å². The molecular formula is C21H21F3N6O2. The molecule has 0 amide bonds. The van der Waals surface area contributed by atoms with Crippen molar-refractivity contribution in [2.75, 3.05) is 11.9 Å². The third kappa shape index (κ3) is 3.36. The molecule has 5 rings (SSSR count). The lowest BCUT2D eigenvalue weighted by molar-refractivity contribution is 0.0669. The smallest absolute Gasteiger partial charge is 0.321 e. The molecule has 4 atom stereocenters. The molecule has 2 aliphatic heterocycles. The number of pyridine rings is 1. The minimum atomic E-state index is -2.98. The highest BCUT2D eigenvalue weighted by Crippen LogP contribution is 2.34. The van der Waals surface area contributed by atoms with Crippen LogP contribution in [0, 0.1) is 0 Å². The fourth-order valence-corrected chi connectivity index (χ4v) is 4.70. The van der Waals surface area contributed by atoms with Gasteiger partial charge in [0, 0.05) is 25.3 Å². The summed E-state index contributed by atoms with van der Waals surface area (Å²) in [4.78, 5) is 18.2. The zero-order chi connectivity index (χ0) is 22.6. The van der Waals surface area contributed by atoms with Crippen molar-refractivity contribution in [3.8, 4) is 17.1 Å². The summed E-state index contributed by atoms with van der Waals surface area (Å²) in [6.45, 7) is -2.98. The number of nitrogens with zero attached hydrogens (tertiary/aromatic N) is 5. The molecule has 4 heterocycles. The van der Waals surface area contributed by atoms with Gasteiger partial charge in [-0.1, -0.05) is 0 Å². The van der Waals surface area contributed by atoms with E-state index in [1.807, 2.05) is 0 Å². The predicted molar refractivity (Wildman–Crippen MR) is 112 cm³/mol. The molecule has 3 aromatic rings. The zero-order valence-electron chi connectivity index (χ0n) is 17.1. The Hall–Kier alpha value is -3.21. The highest BCUT2D eigenvalue weighted by molar-refractivity contribution is 5.88. The largest absolute Gasteiger partial charge is 0.507 e. The average molecular weight is 446 g/mol. The van der Waals surface area contributed by atoms with Crippen LogP contribution in [0.1, 0.15) is 25.8 Å². The van der Waals surface area contributed by atoms with E-state index in [9.17, 15) is 23.1 Å². The lowest BCUT2D eigenvalue weighted by Crippen LogP contribution is -2.55. The number of aromatic hydroxyl groups is 1. The minimum absolute atomic E-state index is 0.0483. The summed E-state index contributed by atoms with van der Waals surface area (Å²) in [6.07, 6.45) is 3.87. The maximum absolute atomic E-state index is 14.9. The first-order chi connectivity index (χ1) is 15.3. The number of hydrogen-bond acceptors (Lipinski definition) is 7. The molecule has 11 heteroatoms. The Morgan fingerprint density at radius 1 is 1.28 bits per heavy atom. The molecule has 0 aliphatic carbocycles. The normalized spacial score (nSPS) is 24.9. The van der Waals surface area contributed by atoms with Crippen molar-refractivity contribution in [3.05, 3.63) is 40.9 Å². The van der Waals surface area contributed by atoms with Crippen LogP contribution in [0.5, 0.6) is 5.75 Å². The predicted octanol–water partition coefficient (Wildman–Crippen LogP) is 2.62. The van der Waals surface area contributed by atoms with Crippen LogP contribution >= 0.6 is 0 Å². The van der Waals surface area contributed by atoms with Crippen molar-refractivity contribution in [1.82, 2.24) is 25.1 Å². The summed E-state index contributed by atoms with van der Waals surface area (Å²) >= 11 is 0. The van der Waals surface area contributed by atoms with E-state index in [4.69, 9.17) is 0 Å². The molecule has 2 saturated heterocycles. The fraction of sp³-hybridized carbons (Fsp3) is 0.429. The summed E-state index contributed by atoms with van der Waals surface area (Å²) in [7, 11) is 1.76. The van der Waals surface area contributed by atoms with Crippen molar-refractivity contribution in [3.63, 3.8) is 0 Å². The zero-order valence-corrected chi connectivity index (χ0v) is 17.1. The van der Waals surface area contributed by atoms with Crippen LogP contribution in [0.4, 0.5) is 19.0 Å². The molecule has 32 heavy (non-hydrogen) atoms. The van der Waals surface area contributed by atoms with Crippen molar-refractivity contribution >= 4 is 16.6 Å². The van der Waals surface area contributed by atoms with E-state index in [0.29, 0.717) is 23.7 Å². The van der Waals surface area contributed by atoms with Crippen molar-refractivity contribution in [2.24, 2.45) is 0 Å². The van der Waals surface area contributed by atoms with Crippen LogP contribution in [0.25, 0.3) is 22.2 Å². The van der Waals surface area contributed by atoms with Gasteiger partial charge in [0.1, 0.15) is 11.9 Å². The van der Waals surface area contributed by atoms with Crippen LogP contribution in [0.3, 0.4) is 0 Å². The summed E-state index contributed by atoms with van der Waals surface area (Å²) in [5, 5.41) is 22.2. The molecule has 0 saturated carbocycles. The molecule has 2 N–H and O–H groups in total. The molecule has 2 unspecified atom stereocenters. The first-order valence-corrected chi connectivity index (χ1v) is 10.3. The summed E-state index contributed by atoms with van der Waals surface area (Å²) in [5.41, 5.74) is -0.705. The standard InChI is InChI=1S/C21H21F3N6O2/c1-29(15-7-11-2-3-14(26-11)18(15)22)17-9-25-19(28-27-17)13-6-10-4-5-30(21(23)24)20(32)12(10)8-16(13)31/h4-6,8-9,11,14-15,18,21,26,31H,2-3,7H2,1H3/t11?,14?,15-,18+/m0/s1. The number of fused-ring (bicyclic) bond motifs is 3. The number of hydrogen-bond donors (Lipinski definition) is 2. The van der Waals surface area contributed by atoms with Gasteiger partial charge in [0.15, 0.2) is 11.6 Å². The number of aromatic nitrogens is 4. The summed E-state index contributed by atoms with van der Waals surface area (Å²) in [5.74, 6) is 0.174. The Kier molecular flexibility index (Phi) is 5.00. The third-order valence-electron chi connectivity index (χ3n) is 6.46. The molecule has 0 spiro atoms. The number of rotatable bonds is 4. The van der Waals surface area contributed by atoms with Gasteiger partial charge in [0.2, 0.25) is 0 Å². The van der Waals surface area contributed by atoms with Crippen molar-refractivity contribution in [2.45, 2.75) is 50.1 Å². The molecule has 2 bridgehead atoms. The molecule has 2 aromatic heterocycles. The topological polar surface area (TPSA) is 96.2 Å². The first kappa shape index (κ1) is 20.7. The number of anilines is 1. The Labute approximate surface area is 180 Å². The van der Waals surface area contributed by atoms with Gasteiger partial charge in [-0.2, -0.15) is 8.78 Å². The summed E-state index contributed by atoms with van der Waals surface area (Å²) in [6, 6.07) is 3.74. The van der Waals surface area contributed by atoms with Crippen molar-refractivity contribution < 1.29 is 18.3 Å². The van der Waals surface area contributed by atoms with E-state index in [2.05, 4.69) is 20.5 Å². The van der Waals surface area contributed by atoms with Crippen LogP contribution in [0.2, 0.25) is 0 Å². The number of phenolic OH excluding ortho intramolecular Hbond substituents is 1. The average Bonchev–Trinajstić information content (AvgIpc) is 3.19. The van der Waals surface area contributed by atoms with Crippen LogP contribution < -0.4 is 15.8 Å². The number of nitrogens with one attached hydrogen (secondary N) is 1. The molecule has 2 fully saturated rings. The lowest BCUT2D eigenvalue weighted by Gasteiger charge is -2.38. The Balaban J connectivity index is 1.44. The number of benzene rings is 1. The molecule has 0 radical (unpaired) electrons. The summed E-state index contributed by atoms with van der Waals surface area (Å²) < 4.78 is 41.0. The van der Waals surface area contributed by atoms with E-state index in [-0.39, 0.29) is 39.2 Å². The van der Waals surface area contributed by atoms with Crippen molar-refractivity contribution in [1.29, 1.82) is 0 Å². The van der Waals surface area contributed by atoms with Gasteiger partial charge in [0.05, 0.1) is 23.2 Å². The highest BCUT2D eigenvalue weighted by Gasteiger charge is 2.43. The van der Waals surface area contributed by atoms with Gasteiger partial charge in [-0.3, -0.25) is 9.36 Å². The molecule has 2 aliphatic rings. The van der Waals surface area contributed by atoms with Gasteiger partial charge < -0.3 is 15.3 Å². The van der Waals surface area contributed by atoms with Crippen LogP contribution in [-0.4, -0.2) is 56.2 Å². The number of phenols is 1. The van der Waals surface area contributed by atoms with Crippen LogP contribution in [-0.2, 0) is 0 Å². The van der Waals surface area contributed by atoms with Gasteiger partial charge >= 0.3 is 6.55 Å². The fourth-order valence-electron chi connectivity index (χ4n) is 4.70. The second kappa shape index (κ2) is 7.73. The second-order valence-corrected chi connectivity index (χ2v) is 8.31. The number of piperidine rings is 1. The maximum atomic E-state index is 14.9. The second-order valence-electron chi connectivity index (χ2n) is 8.31. The van der Waals surface area contributed by atoms with Crippen LogP contribution in [0.15, 0.2) is 35.4 Å². The molecular weight excluding hydrogens is 425 g/mol. The van der Waals surface area contributed by atoms with Gasteiger partial charge in [-0.05, 0) is 42.8 Å². The minimum Gasteiger partial charge on any atom is -0.507 e. The highest BCUT2D eigenvalue weighted by atomic mass is 19.3. The number of halogens is 3. The Bertz CT molecular complexity index is 1220. The number of alkyl halides is 3. The lowest BCUT2D eigenvalue weighted by atomic mass is 9.96. The molecule has 168 valence electrons. The quantitative estimate of drug-likeness (QED) is 0.636. The van der Waals surface area contributed by atoms with Gasteiger partial charge in [-0.15, -0.1) is 10.2 Å². The Morgan fingerprint density at radius 3 is 2.81 bits per heavy atom. The third-order valence-corrected chi connectivity index (χ3v) is 6.46. The SMILES string of the molecule is CN(c1cnc(-c2cc3ccn(C(F)F)c(=O)c3cc2O)nn1)[C@H]1CC2CCC(N2)[C@H]1F. The van der Waals surface area contributed by atoms with E-state index in [1.54, 1.807) is 11.9 Å². The monoisotopic (exact) mass is 446 g/mol. The maximum Gasteiger partial charge on any atom is 0.321 e. The molecule has 1 aromatic carbocycles. The first-order valence-electron chi connectivity index (χ1n) is 10.3. The Morgan fingerprint density at radius 2 is 2.09 bits per heavy atom. The van der Waals surface area contributed by atoms with Gasteiger partial charge in [-0.25, -0.2) is 9.37 Å². The van der Waals surface area contributed by atoms with Gasteiger partial charge in [0.25, 0.3) is 5.56 Å². The van der Waals surface area contributed by atoms with E-state index in [1.165, 1.54) is 18.3 Å². The molecule has 8 nitrogen and oxygen atoms in total. The van der Waals surface area contributed by atoms with E-state index < -0.39 is 18.3 Å².